The van der Waals surface area contributed by atoms with Gasteiger partial charge in [-0.3, -0.25) is 9.69 Å². The van der Waals surface area contributed by atoms with Crippen LogP contribution in [0.5, 0.6) is 5.75 Å². The molecule has 3 aromatic rings. The van der Waals surface area contributed by atoms with Gasteiger partial charge in [0.1, 0.15) is 17.9 Å². The highest BCUT2D eigenvalue weighted by atomic mass is 35.5. The Morgan fingerprint density at radius 3 is 2.55 bits per heavy atom. The smallest absolute Gasteiger partial charge is 0.253 e. The Hall–Kier alpha value is -2.94. The zero-order valence-corrected chi connectivity index (χ0v) is 19.1. The van der Waals surface area contributed by atoms with Crippen molar-refractivity contribution in [3.63, 3.8) is 0 Å². The van der Waals surface area contributed by atoms with E-state index < -0.39 is 6.10 Å². The summed E-state index contributed by atoms with van der Waals surface area (Å²) in [6, 6.07) is 12.7. The Kier molecular flexibility index (Phi) is 6.05. The molecule has 3 heterocycles. The van der Waals surface area contributed by atoms with E-state index in [0.717, 1.165) is 22.5 Å². The minimum atomic E-state index is -0.501. The molecule has 9 heteroatoms. The summed E-state index contributed by atoms with van der Waals surface area (Å²) < 4.78 is 5.37. The van der Waals surface area contributed by atoms with Gasteiger partial charge in [-0.2, -0.15) is 0 Å². The Labute approximate surface area is 197 Å². The van der Waals surface area contributed by atoms with E-state index in [0.29, 0.717) is 49.9 Å². The Balaban J connectivity index is 1.26. The van der Waals surface area contributed by atoms with Gasteiger partial charge in [0.05, 0.1) is 24.8 Å². The second-order valence-electron chi connectivity index (χ2n) is 8.46. The lowest BCUT2D eigenvalue weighted by atomic mass is 10.1. The molecule has 172 valence electrons. The number of halogens is 1. The fourth-order valence-electron chi connectivity index (χ4n) is 4.73. The van der Waals surface area contributed by atoms with E-state index >= 15 is 0 Å². The summed E-state index contributed by atoms with van der Waals surface area (Å²) in [7, 11) is 1.64. The molecule has 2 unspecified atom stereocenters. The van der Waals surface area contributed by atoms with E-state index in [1.54, 1.807) is 37.7 Å². The summed E-state index contributed by atoms with van der Waals surface area (Å²) in [5, 5.41) is 12.4. The monoisotopic (exact) mass is 467 g/mol. The number of rotatable bonds is 4. The van der Waals surface area contributed by atoms with E-state index in [9.17, 15) is 9.90 Å². The van der Waals surface area contributed by atoms with Crippen LogP contribution >= 0.6 is 11.6 Å². The number of piperazine rings is 1. The summed E-state index contributed by atoms with van der Waals surface area (Å²) in [6.07, 6.45) is 1.06. The molecule has 0 saturated carbocycles. The molecular weight excluding hydrogens is 442 g/mol. The first-order chi connectivity index (χ1) is 16.0. The lowest BCUT2D eigenvalue weighted by Gasteiger charge is -2.38. The number of hydrogen-bond acceptors (Lipinski definition) is 7. The number of amides is 1. The fraction of sp³-hybridized carbons (Fsp3) is 0.375. The Bertz CT molecular complexity index is 1150. The summed E-state index contributed by atoms with van der Waals surface area (Å²) >= 11 is 5.94. The second-order valence-corrected chi connectivity index (χ2v) is 8.89. The highest BCUT2D eigenvalue weighted by Gasteiger charge is 2.38. The first kappa shape index (κ1) is 21.9. The van der Waals surface area contributed by atoms with Gasteiger partial charge in [-0.1, -0.05) is 11.6 Å². The van der Waals surface area contributed by atoms with Gasteiger partial charge in [0.2, 0.25) is 0 Å². The molecular formula is C24H26ClN5O3. The molecule has 1 amide bonds. The van der Waals surface area contributed by atoms with Crippen LogP contribution in [0.1, 0.15) is 10.4 Å². The first-order valence-electron chi connectivity index (χ1n) is 11.0. The number of carbonyl (C=O) groups is 1. The third-order valence-electron chi connectivity index (χ3n) is 6.54. The third-order valence-corrected chi connectivity index (χ3v) is 6.79. The van der Waals surface area contributed by atoms with Crippen LogP contribution < -0.4 is 9.64 Å². The van der Waals surface area contributed by atoms with Crippen LogP contribution in [0.4, 0.5) is 5.82 Å². The van der Waals surface area contributed by atoms with Gasteiger partial charge in [-0.25, -0.2) is 9.97 Å². The number of aliphatic hydroxyl groups excluding tert-OH is 1. The predicted octanol–water partition coefficient (Wildman–Crippen LogP) is 2.30. The minimum absolute atomic E-state index is 0.0151. The molecule has 1 aromatic heterocycles. The minimum Gasteiger partial charge on any atom is -0.497 e. The van der Waals surface area contributed by atoms with Crippen LogP contribution in [0, 0.1) is 0 Å². The lowest BCUT2D eigenvalue weighted by Crippen LogP contribution is -2.54. The van der Waals surface area contributed by atoms with E-state index in [1.165, 1.54) is 0 Å². The number of fused-ring (bicyclic) bond motifs is 1. The summed E-state index contributed by atoms with van der Waals surface area (Å²) in [5.74, 6) is 1.56. The maximum Gasteiger partial charge on any atom is 0.253 e. The van der Waals surface area contributed by atoms with Gasteiger partial charge >= 0.3 is 0 Å². The number of methoxy groups -OCH3 is 1. The number of anilines is 1. The molecule has 33 heavy (non-hydrogen) atoms. The van der Waals surface area contributed by atoms with Crippen molar-refractivity contribution in [1.29, 1.82) is 0 Å². The van der Waals surface area contributed by atoms with Crippen LogP contribution in [0.2, 0.25) is 5.02 Å². The van der Waals surface area contributed by atoms with Gasteiger partial charge in [-0.05, 0) is 42.5 Å². The zero-order chi connectivity index (χ0) is 22.9. The fourth-order valence-corrected chi connectivity index (χ4v) is 4.86. The standard InChI is InChI=1S/C24H26ClN5O3/c1-33-18-6-7-20-19(12-18)23(27-15-26-20)30-13-21(22(31)14-30)28-8-10-29(11-9-28)24(32)16-2-4-17(25)5-3-16/h2-7,12,15,21-22,31H,8-11,13-14H2,1H3. The normalized spacial score (nSPS) is 21.5. The molecule has 2 atom stereocenters. The van der Waals surface area contributed by atoms with Gasteiger partial charge in [0, 0.05) is 55.2 Å². The molecule has 1 N–H and O–H groups in total. The number of carbonyl (C=O) groups excluding carboxylic acids is 1. The van der Waals surface area contributed by atoms with Crippen molar-refractivity contribution < 1.29 is 14.6 Å². The van der Waals surface area contributed by atoms with Gasteiger partial charge < -0.3 is 19.6 Å². The average Bonchev–Trinajstić information content (AvgIpc) is 3.24. The first-order valence-corrected chi connectivity index (χ1v) is 11.4. The number of β-amino-alcohol motifs (C(OH)–C–C–N with tert-alkyl or cyclic N) is 1. The molecule has 2 aromatic carbocycles. The Morgan fingerprint density at radius 2 is 1.82 bits per heavy atom. The van der Waals surface area contributed by atoms with Crippen molar-refractivity contribution in [3.8, 4) is 5.75 Å². The summed E-state index contributed by atoms with van der Waals surface area (Å²) in [5.41, 5.74) is 1.49. The predicted molar refractivity (Wildman–Crippen MR) is 127 cm³/mol. The quantitative estimate of drug-likeness (QED) is 0.630. The third kappa shape index (κ3) is 4.34. The molecule has 2 aliphatic rings. The van der Waals surface area contributed by atoms with Crippen LogP contribution in [-0.4, -0.2) is 89.3 Å². The molecule has 2 aliphatic heterocycles. The summed E-state index contributed by atoms with van der Waals surface area (Å²) in [4.78, 5) is 27.9. The van der Waals surface area contributed by atoms with Crippen molar-refractivity contribution in [1.82, 2.24) is 19.8 Å². The number of nitrogens with zero attached hydrogens (tertiary/aromatic N) is 5. The van der Waals surface area contributed by atoms with E-state index in [1.807, 2.05) is 23.1 Å². The topological polar surface area (TPSA) is 82.0 Å². The van der Waals surface area contributed by atoms with E-state index in [2.05, 4.69) is 19.8 Å². The molecule has 2 saturated heterocycles. The highest BCUT2D eigenvalue weighted by molar-refractivity contribution is 6.30. The second kappa shape index (κ2) is 9.13. The van der Waals surface area contributed by atoms with Crippen molar-refractivity contribution in [2.45, 2.75) is 12.1 Å². The lowest BCUT2D eigenvalue weighted by molar-refractivity contribution is 0.0376. The molecule has 5 rings (SSSR count). The SMILES string of the molecule is COc1ccc2ncnc(N3CC(O)C(N4CCN(C(=O)c5ccc(Cl)cc5)CC4)C3)c2c1. The van der Waals surface area contributed by atoms with Crippen molar-refractivity contribution >= 4 is 34.2 Å². The van der Waals surface area contributed by atoms with E-state index in [-0.39, 0.29) is 11.9 Å². The molecule has 0 spiro atoms. The molecule has 0 radical (unpaired) electrons. The molecule has 8 nitrogen and oxygen atoms in total. The van der Waals surface area contributed by atoms with Crippen molar-refractivity contribution in [3.05, 3.63) is 59.4 Å². The number of hydrogen-bond donors (Lipinski definition) is 1. The number of aliphatic hydroxyl groups is 1. The van der Waals surface area contributed by atoms with Crippen LogP contribution in [-0.2, 0) is 0 Å². The largest absolute Gasteiger partial charge is 0.497 e. The van der Waals surface area contributed by atoms with Gasteiger partial charge in [0.25, 0.3) is 5.91 Å². The molecule has 2 fully saturated rings. The van der Waals surface area contributed by atoms with Crippen LogP contribution in [0.15, 0.2) is 48.8 Å². The molecule has 0 aliphatic carbocycles. The number of aromatic nitrogens is 2. The summed E-state index contributed by atoms with van der Waals surface area (Å²) in [6.45, 7) is 3.84. The maximum absolute atomic E-state index is 12.8. The zero-order valence-electron chi connectivity index (χ0n) is 18.4. The number of benzene rings is 2. The maximum atomic E-state index is 12.8. The van der Waals surface area contributed by atoms with Crippen molar-refractivity contribution in [2.24, 2.45) is 0 Å². The Morgan fingerprint density at radius 1 is 1.06 bits per heavy atom. The van der Waals surface area contributed by atoms with Gasteiger partial charge in [-0.15, -0.1) is 0 Å². The van der Waals surface area contributed by atoms with Gasteiger partial charge in [0.15, 0.2) is 0 Å². The highest BCUT2D eigenvalue weighted by Crippen LogP contribution is 2.30. The number of ether oxygens (including phenoxy) is 1. The molecule has 0 bridgehead atoms. The van der Waals surface area contributed by atoms with Crippen LogP contribution in [0.3, 0.4) is 0 Å². The van der Waals surface area contributed by atoms with E-state index in [4.69, 9.17) is 16.3 Å². The van der Waals surface area contributed by atoms with Crippen molar-refractivity contribution in [2.75, 3.05) is 51.3 Å². The van der Waals surface area contributed by atoms with Crippen LogP contribution in [0.25, 0.3) is 10.9 Å². The average molecular weight is 468 g/mol.